The van der Waals surface area contributed by atoms with Crippen molar-refractivity contribution in [1.82, 2.24) is 9.97 Å². The van der Waals surface area contributed by atoms with Gasteiger partial charge in [-0.15, -0.1) is 0 Å². The molecule has 0 saturated carbocycles. The molecular weight excluding hydrogens is 150 g/mol. The Kier molecular flexibility index (Phi) is 2.90. The van der Waals surface area contributed by atoms with Crippen LogP contribution >= 0.6 is 0 Å². The highest BCUT2D eigenvalue weighted by Crippen LogP contribution is 2.11. The van der Waals surface area contributed by atoms with Gasteiger partial charge in [0.15, 0.2) is 5.82 Å². The summed E-state index contributed by atoms with van der Waals surface area (Å²) in [5.74, 6) is 0.562. The number of rotatable bonds is 3. The van der Waals surface area contributed by atoms with Crippen molar-refractivity contribution in [2.24, 2.45) is 4.99 Å². The molecule has 0 bridgehead atoms. The maximum atomic E-state index is 4.02. The van der Waals surface area contributed by atoms with Gasteiger partial charge < -0.3 is 0 Å². The molecule has 0 aliphatic rings. The van der Waals surface area contributed by atoms with E-state index in [2.05, 4.69) is 28.1 Å². The molecule has 0 fully saturated rings. The molecule has 0 aromatic carbocycles. The van der Waals surface area contributed by atoms with Crippen LogP contribution in [0.5, 0.6) is 0 Å². The van der Waals surface area contributed by atoms with Crippen LogP contribution in [0.4, 0.5) is 5.82 Å². The number of allylic oxidation sites excluding steroid dienone is 1. The lowest BCUT2D eigenvalue weighted by Gasteiger charge is -1.94. The monoisotopic (exact) mass is 159 g/mol. The minimum Gasteiger partial charge on any atom is -0.251 e. The number of aromatic nitrogens is 2. The molecule has 1 heterocycles. The molecule has 0 saturated heterocycles. The topological polar surface area (TPSA) is 38.1 Å². The molecule has 1 aromatic heterocycles. The van der Waals surface area contributed by atoms with Crippen LogP contribution in [0, 0.1) is 0 Å². The number of nitrogens with zero attached hydrogens (tertiary/aromatic N) is 3. The molecule has 0 aliphatic carbocycles. The zero-order valence-electron chi connectivity index (χ0n) is 6.64. The Balaban J connectivity index is 3.04. The summed E-state index contributed by atoms with van der Waals surface area (Å²) in [7, 11) is 0. The van der Waals surface area contributed by atoms with Crippen LogP contribution in [0.1, 0.15) is 5.69 Å². The maximum absolute atomic E-state index is 4.02. The lowest BCUT2D eigenvalue weighted by atomic mass is 10.4. The van der Waals surface area contributed by atoms with Crippen molar-refractivity contribution >= 4 is 18.1 Å². The van der Waals surface area contributed by atoms with Gasteiger partial charge in [-0.3, -0.25) is 4.98 Å². The van der Waals surface area contributed by atoms with Crippen LogP contribution in [0.2, 0.25) is 0 Å². The van der Waals surface area contributed by atoms with Crippen molar-refractivity contribution in [2.45, 2.75) is 0 Å². The maximum Gasteiger partial charge on any atom is 0.178 e. The van der Waals surface area contributed by atoms with Gasteiger partial charge in [-0.1, -0.05) is 19.2 Å². The highest BCUT2D eigenvalue weighted by molar-refractivity contribution is 5.74. The third-order valence-electron chi connectivity index (χ3n) is 1.20. The molecule has 3 nitrogen and oxygen atoms in total. The zero-order chi connectivity index (χ0) is 8.81. The van der Waals surface area contributed by atoms with Crippen molar-refractivity contribution in [1.29, 1.82) is 0 Å². The van der Waals surface area contributed by atoms with Crippen LogP contribution in [0.3, 0.4) is 0 Å². The first-order chi connectivity index (χ1) is 5.88. The van der Waals surface area contributed by atoms with Crippen molar-refractivity contribution in [3.8, 4) is 0 Å². The fourth-order valence-electron chi connectivity index (χ4n) is 0.708. The fourth-order valence-corrected chi connectivity index (χ4v) is 0.708. The zero-order valence-corrected chi connectivity index (χ0v) is 6.64. The van der Waals surface area contributed by atoms with Gasteiger partial charge in [0.1, 0.15) is 5.69 Å². The van der Waals surface area contributed by atoms with E-state index < -0.39 is 0 Å². The molecule has 60 valence electrons. The molecule has 0 atom stereocenters. The first-order valence-corrected chi connectivity index (χ1v) is 3.47. The minimum atomic E-state index is 0.562. The van der Waals surface area contributed by atoms with Gasteiger partial charge >= 0.3 is 0 Å². The van der Waals surface area contributed by atoms with Gasteiger partial charge in [0, 0.05) is 18.6 Å². The summed E-state index contributed by atoms with van der Waals surface area (Å²) in [4.78, 5) is 12.0. The largest absolute Gasteiger partial charge is 0.251 e. The Morgan fingerprint density at radius 2 is 2.00 bits per heavy atom. The Morgan fingerprint density at radius 3 is 2.67 bits per heavy atom. The summed E-state index contributed by atoms with van der Waals surface area (Å²) in [5.41, 5.74) is 0.676. The summed E-state index contributed by atoms with van der Waals surface area (Å²) in [6.45, 7) is 7.11. The Bertz CT molecular complexity index is 315. The summed E-state index contributed by atoms with van der Waals surface area (Å²) in [6, 6.07) is 0. The lowest BCUT2D eigenvalue weighted by Crippen LogP contribution is -1.83. The van der Waals surface area contributed by atoms with E-state index in [-0.39, 0.29) is 0 Å². The van der Waals surface area contributed by atoms with Gasteiger partial charge in [0.05, 0.1) is 0 Å². The molecule has 12 heavy (non-hydrogen) atoms. The van der Waals surface area contributed by atoms with E-state index in [0.29, 0.717) is 11.5 Å². The molecule has 0 amide bonds. The van der Waals surface area contributed by atoms with Crippen LogP contribution < -0.4 is 0 Å². The third kappa shape index (κ3) is 1.85. The third-order valence-corrected chi connectivity index (χ3v) is 1.20. The minimum absolute atomic E-state index is 0.562. The fraction of sp³-hybridized carbons (Fsp3) is 0. The average molecular weight is 159 g/mol. The van der Waals surface area contributed by atoms with Crippen molar-refractivity contribution < 1.29 is 0 Å². The van der Waals surface area contributed by atoms with E-state index in [1.807, 2.05) is 0 Å². The van der Waals surface area contributed by atoms with E-state index in [9.17, 15) is 0 Å². The summed E-state index contributed by atoms with van der Waals surface area (Å²) < 4.78 is 0. The molecular formula is C9H9N3. The van der Waals surface area contributed by atoms with E-state index in [4.69, 9.17) is 0 Å². The van der Waals surface area contributed by atoms with Crippen LogP contribution in [-0.2, 0) is 0 Å². The Hall–Kier alpha value is -1.77. The molecule has 1 aromatic rings. The highest BCUT2D eigenvalue weighted by atomic mass is 14.9. The van der Waals surface area contributed by atoms with Gasteiger partial charge in [-0.2, -0.15) is 0 Å². The summed E-state index contributed by atoms with van der Waals surface area (Å²) >= 11 is 0. The van der Waals surface area contributed by atoms with E-state index in [1.165, 1.54) is 0 Å². The molecule has 0 spiro atoms. The van der Waals surface area contributed by atoms with Crippen LogP contribution in [0.25, 0.3) is 6.08 Å². The van der Waals surface area contributed by atoms with Gasteiger partial charge in [-0.05, 0) is 6.08 Å². The Labute approximate surface area is 71.2 Å². The second kappa shape index (κ2) is 4.18. The second-order valence-corrected chi connectivity index (χ2v) is 1.98. The van der Waals surface area contributed by atoms with Gasteiger partial charge in [0.25, 0.3) is 0 Å². The first kappa shape index (κ1) is 8.33. The predicted octanol–water partition coefficient (Wildman–Crippen LogP) is 2.01. The number of hydrogen-bond donors (Lipinski definition) is 0. The predicted molar refractivity (Wildman–Crippen MR) is 50.5 cm³/mol. The highest BCUT2D eigenvalue weighted by Gasteiger charge is 1.95. The summed E-state index contributed by atoms with van der Waals surface area (Å²) in [6.07, 6.45) is 7.95. The second-order valence-electron chi connectivity index (χ2n) is 1.98. The molecule has 0 unspecified atom stereocenters. The van der Waals surface area contributed by atoms with Crippen molar-refractivity contribution in [2.75, 3.05) is 0 Å². The smallest absolute Gasteiger partial charge is 0.178 e. The molecule has 0 aliphatic heterocycles. The molecule has 1 rings (SSSR count). The molecule has 3 heteroatoms. The molecule has 0 radical (unpaired) electrons. The van der Waals surface area contributed by atoms with Crippen molar-refractivity contribution in [3.05, 3.63) is 37.3 Å². The summed E-state index contributed by atoms with van der Waals surface area (Å²) in [5, 5.41) is 0. The van der Waals surface area contributed by atoms with Gasteiger partial charge in [-0.25, -0.2) is 9.98 Å². The lowest BCUT2D eigenvalue weighted by molar-refractivity contribution is 1.16. The SMILES string of the molecule is C=CC=Nc1nccnc1C=C. The van der Waals surface area contributed by atoms with E-state index >= 15 is 0 Å². The average Bonchev–Trinajstić information content (AvgIpc) is 2.15. The quantitative estimate of drug-likeness (QED) is 0.633. The van der Waals surface area contributed by atoms with Gasteiger partial charge in [0.2, 0.25) is 0 Å². The standard InChI is InChI=1S/C9H9N3/c1-3-5-11-9-8(4-2)10-6-7-12-9/h3-7H,1-2H2. The van der Waals surface area contributed by atoms with E-state index in [0.717, 1.165) is 0 Å². The van der Waals surface area contributed by atoms with Crippen LogP contribution in [-0.4, -0.2) is 16.2 Å². The van der Waals surface area contributed by atoms with Crippen molar-refractivity contribution in [3.63, 3.8) is 0 Å². The number of hydrogen-bond acceptors (Lipinski definition) is 3. The molecule has 0 N–H and O–H groups in total. The number of aliphatic imine (C=N–C) groups is 1. The van der Waals surface area contributed by atoms with E-state index in [1.54, 1.807) is 30.8 Å². The first-order valence-electron chi connectivity index (χ1n) is 3.47. The normalized spacial score (nSPS) is 10.0. The van der Waals surface area contributed by atoms with Crippen LogP contribution in [0.15, 0.2) is 36.6 Å². The Morgan fingerprint density at radius 1 is 1.25 bits per heavy atom.